The molecule has 8 heteroatoms. The van der Waals surface area contributed by atoms with Crippen LogP contribution in [0.25, 0.3) is 0 Å². The van der Waals surface area contributed by atoms with Crippen LogP contribution in [0.2, 0.25) is 0 Å². The Morgan fingerprint density at radius 3 is 2.46 bits per heavy atom. The first kappa shape index (κ1) is 16.6. The number of sulfonamides is 1. The van der Waals surface area contributed by atoms with Gasteiger partial charge in [0.05, 0.1) is 4.90 Å². The van der Waals surface area contributed by atoms with E-state index in [0.717, 1.165) is 37.8 Å². The van der Waals surface area contributed by atoms with Crippen molar-refractivity contribution in [2.24, 2.45) is 0 Å². The van der Waals surface area contributed by atoms with Crippen molar-refractivity contribution in [1.82, 2.24) is 10.2 Å². The summed E-state index contributed by atoms with van der Waals surface area (Å²) in [5, 5.41) is 8.05. The van der Waals surface area contributed by atoms with Crippen molar-refractivity contribution in [3.05, 3.63) is 41.7 Å². The van der Waals surface area contributed by atoms with Crippen molar-refractivity contribution in [3.8, 4) is 0 Å². The van der Waals surface area contributed by atoms with Gasteiger partial charge in [-0.3, -0.25) is 4.72 Å². The number of hydrogen-bond acceptors (Lipinski definition) is 5. The predicted molar refractivity (Wildman–Crippen MR) is 90.0 cm³/mol. The third-order valence-electron chi connectivity index (χ3n) is 4.01. The Hall–Kier alpha value is -2.22. The number of rotatable bonds is 4. The predicted octanol–water partition coefficient (Wildman–Crippen LogP) is 2.72. The second kappa shape index (κ2) is 6.72. The highest BCUT2D eigenvalue weighted by Crippen LogP contribution is 2.20. The fourth-order valence-corrected chi connectivity index (χ4v) is 3.73. The highest BCUT2D eigenvalue weighted by atomic mass is 32.2. The van der Waals surface area contributed by atoms with Gasteiger partial charge in [-0.05, 0) is 62.1 Å². The lowest BCUT2D eigenvalue weighted by atomic mass is 10.1. The van der Waals surface area contributed by atoms with E-state index in [1.807, 2.05) is 0 Å². The van der Waals surface area contributed by atoms with Crippen LogP contribution in [0.3, 0.4) is 0 Å². The number of aromatic nitrogens is 2. The Bertz CT molecular complexity index is 818. The molecule has 0 atom stereocenters. The van der Waals surface area contributed by atoms with Crippen LogP contribution in [0.5, 0.6) is 0 Å². The van der Waals surface area contributed by atoms with Crippen molar-refractivity contribution in [2.75, 3.05) is 22.7 Å². The molecule has 0 radical (unpaired) electrons. The number of halogens is 1. The summed E-state index contributed by atoms with van der Waals surface area (Å²) in [6.07, 6.45) is 3.47. The average Bonchev–Trinajstić information content (AvgIpc) is 2.58. The van der Waals surface area contributed by atoms with Crippen molar-refractivity contribution in [2.45, 2.75) is 31.1 Å². The third kappa shape index (κ3) is 3.64. The van der Waals surface area contributed by atoms with Crippen LogP contribution in [-0.2, 0) is 10.0 Å². The monoisotopic (exact) mass is 350 g/mol. The van der Waals surface area contributed by atoms with Crippen molar-refractivity contribution < 1.29 is 12.8 Å². The average molecular weight is 350 g/mol. The summed E-state index contributed by atoms with van der Waals surface area (Å²) >= 11 is 0. The molecular weight excluding hydrogens is 331 g/mol. The lowest BCUT2D eigenvalue weighted by Crippen LogP contribution is -2.30. The van der Waals surface area contributed by atoms with E-state index in [2.05, 4.69) is 19.8 Å². The van der Waals surface area contributed by atoms with E-state index >= 15 is 0 Å². The number of anilines is 2. The van der Waals surface area contributed by atoms with E-state index < -0.39 is 15.8 Å². The van der Waals surface area contributed by atoms with E-state index in [-0.39, 0.29) is 16.3 Å². The molecule has 2 aromatic rings. The molecular formula is C16H19FN4O2S. The largest absolute Gasteiger partial charge is 0.355 e. The maximum absolute atomic E-state index is 13.3. The molecule has 128 valence electrons. The Kier molecular flexibility index (Phi) is 4.66. The van der Waals surface area contributed by atoms with E-state index in [0.29, 0.717) is 0 Å². The summed E-state index contributed by atoms with van der Waals surface area (Å²) in [4.78, 5) is 2.13. The molecule has 1 N–H and O–H groups in total. The molecule has 24 heavy (non-hydrogen) atoms. The van der Waals surface area contributed by atoms with Crippen molar-refractivity contribution in [1.29, 1.82) is 0 Å². The van der Waals surface area contributed by atoms with Crippen molar-refractivity contribution in [3.63, 3.8) is 0 Å². The molecule has 0 spiro atoms. The van der Waals surface area contributed by atoms with E-state index in [9.17, 15) is 12.8 Å². The summed E-state index contributed by atoms with van der Waals surface area (Å²) in [5.74, 6) is 0.438. The van der Waals surface area contributed by atoms with Crippen LogP contribution in [0.15, 0.2) is 35.2 Å². The molecule has 1 aliphatic heterocycles. The topological polar surface area (TPSA) is 75.2 Å². The molecule has 1 aliphatic rings. The maximum atomic E-state index is 13.3. The Morgan fingerprint density at radius 2 is 1.83 bits per heavy atom. The molecule has 1 fully saturated rings. The molecule has 0 saturated carbocycles. The second-order valence-corrected chi connectivity index (χ2v) is 7.52. The summed E-state index contributed by atoms with van der Waals surface area (Å²) in [6.45, 7) is 3.39. The number of nitrogens with one attached hydrogen (secondary N) is 1. The number of piperidine rings is 1. The third-order valence-corrected chi connectivity index (χ3v) is 5.36. The minimum absolute atomic E-state index is 0.0108. The molecule has 0 unspecified atom stereocenters. The normalized spacial score (nSPS) is 15.3. The first-order valence-electron chi connectivity index (χ1n) is 7.83. The number of benzene rings is 1. The van der Waals surface area contributed by atoms with Gasteiger partial charge in [0.15, 0.2) is 11.6 Å². The molecule has 2 heterocycles. The molecule has 1 aromatic carbocycles. The lowest BCUT2D eigenvalue weighted by molar-refractivity contribution is 0.571. The minimum atomic E-state index is -3.82. The number of nitrogens with zero attached hydrogens (tertiary/aromatic N) is 3. The SMILES string of the molecule is Cc1cc(S(=O)(=O)Nc2ccc(N3CCCCC3)nn2)ccc1F. The molecule has 0 amide bonds. The van der Waals surface area contributed by atoms with Gasteiger partial charge >= 0.3 is 0 Å². The fraction of sp³-hybridized carbons (Fsp3) is 0.375. The zero-order chi connectivity index (χ0) is 17.2. The zero-order valence-corrected chi connectivity index (χ0v) is 14.2. The molecule has 0 bridgehead atoms. The first-order valence-corrected chi connectivity index (χ1v) is 9.32. The smallest absolute Gasteiger partial charge is 0.263 e. The van der Waals surface area contributed by atoms with Gasteiger partial charge < -0.3 is 4.90 Å². The van der Waals surface area contributed by atoms with Crippen LogP contribution >= 0.6 is 0 Å². The van der Waals surface area contributed by atoms with Gasteiger partial charge in [0.2, 0.25) is 0 Å². The summed E-state index contributed by atoms with van der Waals surface area (Å²) < 4.78 is 40.3. The van der Waals surface area contributed by atoms with Gasteiger partial charge in [-0.1, -0.05) is 0 Å². The number of hydrogen-bond donors (Lipinski definition) is 1. The van der Waals surface area contributed by atoms with E-state index in [4.69, 9.17) is 0 Å². The summed E-state index contributed by atoms with van der Waals surface area (Å²) in [7, 11) is -3.82. The van der Waals surface area contributed by atoms with Crippen LogP contribution in [0.1, 0.15) is 24.8 Å². The van der Waals surface area contributed by atoms with Gasteiger partial charge in [0.25, 0.3) is 10.0 Å². The van der Waals surface area contributed by atoms with Crippen LogP contribution in [0, 0.1) is 12.7 Å². The van der Waals surface area contributed by atoms with Gasteiger partial charge in [0, 0.05) is 13.1 Å². The van der Waals surface area contributed by atoms with Gasteiger partial charge in [-0.25, -0.2) is 12.8 Å². The van der Waals surface area contributed by atoms with E-state index in [1.165, 1.54) is 25.5 Å². The fourth-order valence-electron chi connectivity index (χ4n) is 2.65. The highest BCUT2D eigenvalue weighted by Gasteiger charge is 2.17. The van der Waals surface area contributed by atoms with Crippen LogP contribution in [-0.4, -0.2) is 31.7 Å². The maximum Gasteiger partial charge on any atom is 0.263 e. The van der Waals surface area contributed by atoms with Crippen LogP contribution < -0.4 is 9.62 Å². The Balaban J connectivity index is 1.76. The second-order valence-electron chi connectivity index (χ2n) is 5.84. The zero-order valence-electron chi connectivity index (χ0n) is 13.4. The van der Waals surface area contributed by atoms with Gasteiger partial charge in [-0.15, -0.1) is 10.2 Å². The van der Waals surface area contributed by atoms with E-state index in [1.54, 1.807) is 12.1 Å². The summed E-state index contributed by atoms with van der Waals surface area (Å²) in [5.41, 5.74) is 0.268. The lowest BCUT2D eigenvalue weighted by Gasteiger charge is -2.27. The number of aryl methyl sites for hydroxylation is 1. The van der Waals surface area contributed by atoms with Gasteiger partial charge in [0.1, 0.15) is 5.82 Å². The molecule has 0 aliphatic carbocycles. The van der Waals surface area contributed by atoms with Crippen molar-refractivity contribution >= 4 is 21.7 Å². The molecule has 1 saturated heterocycles. The summed E-state index contributed by atoms with van der Waals surface area (Å²) in [6, 6.07) is 6.99. The molecule has 6 nitrogen and oxygen atoms in total. The minimum Gasteiger partial charge on any atom is -0.355 e. The Morgan fingerprint density at radius 1 is 1.08 bits per heavy atom. The molecule has 3 rings (SSSR count). The molecule has 1 aromatic heterocycles. The standard InChI is InChI=1S/C16H19FN4O2S/c1-12-11-13(5-6-14(12)17)24(22,23)20-15-7-8-16(19-18-15)21-9-3-2-4-10-21/h5-8,11H,2-4,9-10H2,1H3,(H,18,20). The van der Waals surface area contributed by atoms with Gasteiger partial charge in [-0.2, -0.15) is 0 Å². The van der Waals surface area contributed by atoms with Crippen LogP contribution in [0.4, 0.5) is 16.0 Å². The highest BCUT2D eigenvalue weighted by molar-refractivity contribution is 7.92. The quantitative estimate of drug-likeness (QED) is 0.918. The first-order chi connectivity index (χ1) is 11.5. The Labute approximate surface area is 140 Å².